The fourth-order valence-electron chi connectivity index (χ4n) is 2.78. The van der Waals surface area contributed by atoms with Gasteiger partial charge in [0.25, 0.3) is 5.91 Å². The standard InChI is InChI=1S/C17H18ClFN2O2/c1-12-15(4-9-23-12)17(22)21-7-5-20(6-8-21)11-13-2-3-14(19)10-16(13)18/h2-4,9-10H,5-8,11H2,1H3. The Balaban J connectivity index is 1.58. The van der Waals surface area contributed by atoms with Crippen molar-refractivity contribution in [3.63, 3.8) is 0 Å². The molecule has 1 aromatic heterocycles. The van der Waals surface area contributed by atoms with E-state index in [1.54, 1.807) is 19.1 Å². The summed E-state index contributed by atoms with van der Waals surface area (Å²) in [6, 6.07) is 6.17. The summed E-state index contributed by atoms with van der Waals surface area (Å²) in [4.78, 5) is 16.5. The van der Waals surface area contributed by atoms with Crippen LogP contribution in [0.5, 0.6) is 0 Å². The van der Waals surface area contributed by atoms with Crippen LogP contribution >= 0.6 is 11.6 Å². The maximum atomic E-state index is 13.1. The van der Waals surface area contributed by atoms with Crippen molar-refractivity contribution in [2.45, 2.75) is 13.5 Å². The first kappa shape index (κ1) is 16.0. The molecule has 6 heteroatoms. The molecule has 122 valence electrons. The summed E-state index contributed by atoms with van der Waals surface area (Å²) in [5, 5.41) is 0.442. The van der Waals surface area contributed by atoms with Crippen LogP contribution in [0.25, 0.3) is 0 Å². The van der Waals surface area contributed by atoms with Gasteiger partial charge in [-0.15, -0.1) is 0 Å². The van der Waals surface area contributed by atoms with Gasteiger partial charge in [-0.05, 0) is 30.7 Å². The van der Waals surface area contributed by atoms with Crippen LogP contribution in [0.2, 0.25) is 5.02 Å². The van der Waals surface area contributed by atoms with Crippen LogP contribution < -0.4 is 0 Å². The molecule has 0 N–H and O–H groups in total. The Hall–Kier alpha value is -1.85. The number of halogens is 2. The molecule has 1 aromatic carbocycles. The van der Waals surface area contributed by atoms with E-state index in [4.69, 9.17) is 16.0 Å². The fourth-order valence-corrected chi connectivity index (χ4v) is 3.00. The van der Waals surface area contributed by atoms with Gasteiger partial charge < -0.3 is 9.32 Å². The first-order chi connectivity index (χ1) is 11.0. The summed E-state index contributed by atoms with van der Waals surface area (Å²) in [5.74, 6) is 0.330. The van der Waals surface area contributed by atoms with Gasteiger partial charge in [0.05, 0.1) is 11.8 Å². The summed E-state index contributed by atoms with van der Waals surface area (Å²) in [6.45, 7) is 5.28. The molecule has 4 nitrogen and oxygen atoms in total. The van der Waals surface area contributed by atoms with E-state index < -0.39 is 0 Å². The number of benzene rings is 1. The van der Waals surface area contributed by atoms with Crippen LogP contribution in [0, 0.1) is 12.7 Å². The zero-order valence-electron chi connectivity index (χ0n) is 12.9. The van der Waals surface area contributed by atoms with Crippen LogP contribution in [0.4, 0.5) is 4.39 Å². The normalized spacial score (nSPS) is 15.9. The lowest BCUT2D eigenvalue weighted by Crippen LogP contribution is -2.48. The number of furan rings is 1. The van der Waals surface area contributed by atoms with Crippen molar-refractivity contribution in [1.29, 1.82) is 0 Å². The van der Waals surface area contributed by atoms with Gasteiger partial charge in [0.15, 0.2) is 0 Å². The number of piperazine rings is 1. The van der Waals surface area contributed by atoms with Crippen LogP contribution in [0.15, 0.2) is 34.9 Å². The van der Waals surface area contributed by atoms with Crippen LogP contribution in [0.3, 0.4) is 0 Å². The average Bonchev–Trinajstić information content (AvgIpc) is 2.96. The molecule has 0 radical (unpaired) electrons. The first-order valence-electron chi connectivity index (χ1n) is 7.54. The Kier molecular flexibility index (Phi) is 4.68. The summed E-state index contributed by atoms with van der Waals surface area (Å²) in [5.41, 5.74) is 1.53. The maximum absolute atomic E-state index is 13.1. The Labute approximate surface area is 139 Å². The van der Waals surface area contributed by atoms with Gasteiger partial charge in [-0.2, -0.15) is 0 Å². The molecule has 1 aliphatic rings. The first-order valence-corrected chi connectivity index (χ1v) is 7.92. The molecule has 0 unspecified atom stereocenters. The van der Waals surface area contributed by atoms with Crippen molar-refractivity contribution in [2.75, 3.05) is 26.2 Å². The highest BCUT2D eigenvalue weighted by atomic mass is 35.5. The van der Waals surface area contributed by atoms with Crippen molar-refractivity contribution in [1.82, 2.24) is 9.80 Å². The number of rotatable bonds is 3. The van der Waals surface area contributed by atoms with E-state index in [2.05, 4.69) is 4.90 Å². The molecular weight excluding hydrogens is 319 g/mol. The third-order valence-corrected chi connectivity index (χ3v) is 4.51. The lowest BCUT2D eigenvalue weighted by atomic mass is 10.1. The second-order valence-corrected chi connectivity index (χ2v) is 6.10. The number of carbonyl (C=O) groups excluding carboxylic acids is 1. The van der Waals surface area contributed by atoms with Gasteiger partial charge in [-0.1, -0.05) is 17.7 Å². The lowest BCUT2D eigenvalue weighted by Gasteiger charge is -2.34. The van der Waals surface area contributed by atoms with Crippen molar-refractivity contribution in [3.8, 4) is 0 Å². The molecule has 0 aliphatic carbocycles. The predicted octanol–water partition coefficient (Wildman–Crippen LogP) is 3.34. The highest BCUT2D eigenvalue weighted by Gasteiger charge is 2.24. The van der Waals surface area contributed by atoms with Crippen molar-refractivity contribution in [2.24, 2.45) is 0 Å². The molecule has 1 amide bonds. The van der Waals surface area contributed by atoms with Gasteiger partial charge in [-0.3, -0.25) is 9.69 Å². The molecule has 1 saturated heterocycles. The van der Waals surface area contributed by atoms with E-state index in [1.807, 2.05) is 4.90 Å². The highest BCUT2D eigenvalue weighted by molar-refractivity contribution is 6.31. The predicted molar refractivity (Wildman–Crippen MR) is 86.0 cm³/mol. The zero-order chi connectivity index (χ0) is 16.4. The molecular formula is C17H18ClFN2O2. The average molecular weight is 337 g/mol. The fraction of sp³-hybridized carbons (Fsp3) is 0.353. The second-order valence-electron chi connectivity index (χ2n) is 5.69. The Morgan fingerprint density at radius 1 is 1.26 bits per heavy atom. The molecule has 23 heavy (non-hydrogen) atoms. The van der Waals surface area contributed by atoms with Gasteiger partial charge in [0.1, 0.15) is 11.6 Å². The third kappa shape index (κ3) is 3.57. The number of hydrogen-bond acceptors (Lipinski definition) is 3. The maximum Gasteiger partial charge on any atom is 0.257 e. The molecule has 0 bridgehead atoms. The molecule has 0 saturated carbocycles. The van der Waals surface area contributed by atoms with E-state index in [0.29, 0.717) is 36.0 Å². The minimum atomic E-state index is -0.329. The Bertz CT molecular complexity index is 708. The van der Waals surface area contributed by atoms with Gasteiger partial charge >= 0.3 is 0 Å². The van der Waals surface area contributed by atoms with Gasteiger partial charge in [-0.25, -0.2) is 4.39 Å². The molecule has 1 fully saturated rings. The van der Waals surface area contributed by atoms with E-state index in [-0.39, 0.29) is 11.7 Å². The molecule has 2 heterocycles. The second kappa shape index (κ2) is 6.72. The van der Waals surface area contributed by atoms with Crippen LogP contribution in [-0.4, -0.2) is 41.9 Å². The topological polar surface area (TPSA) is 36.7 Å². The third-order valence-electron chi connectivity index (χ3n) is 4.16. The quantitative estimate of drug-likeness (QED) is 0.862. The molecule has 0 spiro atoms. The smallest absolute Gasteiger partial charge is 0.257 e. The van der Waals surface area contributed by atoms with Crippen LogP contribution in [0.1, 0.15) is 21.7 Å². The number of aryl methyl sites for hydroxylation is 1. The van der Waals surface area contributed by atoms with E-state index in [9.17, 15) is 9.18 Å². The minimum absolute atomic E-state index is 0.00992. The Morgan fingerprint density at radius 3 is 2.61 bits per heavy atom. The summed E-state index contributed by atoms with van der Waals surface area (Å²) < 4.78 is 18.3. The summed E-state index contributed by atoms with van der Waals surface area (Å²) in [6.07, 6.45) is 1.54. The molecule has 1 aliphatic heterocycles. The van der Waals surface area contributed by atoms with Crippen molar-refractivity contribution in [3.05, 3.63) is 58.3 Å². The number of nitrogens with zero attached hydrogens (tertiary/aromatic N) is 2. The van der Waals surface area contributed by atoms with Gasteiger partial charge in [0.2, 0.25) is 0 Å². The Morgan fingerprint density at radius 2 is 2.00 bits per heavy atom. The molecule has 3 rings (SSSR count). The summed E-state index contributed by atoms with van der Waals surface area (Å²) in [7, 11) is 0. The highest BCUT2D eigenvalue weighted by Crippen LogP contribution is 2.20. The van der Waals surface area contributed by atoms with Crippen molar-refractivity contribution >= 4 is 17.5 Å². The summed E-state index contributed by atoms with van der Waals surface area (Å²) >= 11 is 6.07. The molecule has 2 aromatic rings. The number of carbonyl (C=O) groups is 1. The zero-order valence-corrected chi connectivity index (χ0v) is 13.6. The van der Waals surface area contributed by atoms with E-state index in [1.165, 1.54) is 18.4 Å². The number of amides is 1. The van der Waals surface area contributed by atoms with Gasteiger partial charge in [0, 0.05) is 37.7 Å². The minimum Gasteiger partial charge on any atom is -0.469 e. The largest absolute Gasteiger partial charge is 0.469 e. The van der Waals surface area contributed by atoms with Crippen LogP contribution in [-0.2, 0) is 6.54 Å². The molecule has 0 atom stereocenters. The van der Waals surface area contributed by atoms with E-state index >= 15 is 0 Å². The SMILES string of the molecule is Cc1occc1C(=O)N1CCN(Cc2ccc(F)cc2Cl)CC1. The van der Waals surface area contributed by atoms with E-state index in [0.717, 1.165) is 18.7 Å². The lowest BCUT2D eigenvalue weighted by molar-refractivity contribution is 0.0626. The number of hydrogen-bond donors (Lipinski definition) is 0. The monoisotopic (exact) mass is 336 g/mol. The van der Waals surface area contributed by atoms with Crippen molar-refractivity contribution < 1.29 is 13.6 Å².